The standard InChI is InChI=1S/C13H19NO2S/c1-14-6-10-3-4-13(15-2)11(5-10)9-17-12-7-16-8-12/h3-5,12,14H,6-9H2,1-2H3. The van der Waals surface area contributed by atoms with Gasteiger partial charge in [-0.2, -0.15) is 0 Å². The van der Waals surface area contributed by atoms with E-state index in [1.165, 1.54) is 11.1 Å². The van der Waals surface area contributed by atoms with E-state index in [2.05, 4.69) is 23.5 Å². The van der Waals surface area contributed by atoms with Gasteiger partial charge in [0.15, 0.2) is 0 Å². The van der Waals surface area contributed by atoms with Gasteiger partial charge in [-0.05, 0) is 24.7 Å². The van der Waals surface area contributed by atoms with Gasteiger partial charge in [0.05, 0.1) is 25.6 Å². The Morgan fingerprint density at radius 2 is 2.29 bits per heavy atom. The number of hydrogen-bond acceptors (Lipinski definition) is 4. The van der Waals surface area contributed by atoms with E-state index in [4.69, 9.17) is 9.47 Å². The number of ether oxygens (including phenoxy) is 2. The molecule has 2 rings (SSSR count). The van der Waals surface area contributed by atoms with Crippen molar-refractivity contribution in [2.24, 2.45) is 0 Å². The molecule has 1 aromatic carbocycles. The maximum atomic E-state index is 5.40. The molecule has 0 aliphatic carbocycles. The lowest BCUT2D eigenvalue weighted by molar-refractivity contribution is 0.0455. The highest BCUT2D eigenvalue weighted by molar-refractivity contribution is 7.99. The van der Waals surface area contributed by atoms with Crippen molar-refractivity contribution in [1.82, 2.24) is 5.32 Å². The molecule has 0 radical (unpaired) electrons. The third-order valence-corrected chi connectivity index (χ3v) is 4.03. The van der Waals surface area contributed by atoms with E-state index in [1.807, 2.05) is 18.8 Å². The van der Waals surface area contributed by atoms with Crippen LogP contribution in [0.25, 0.3) is 0 Å². The second-order valence-corrected chi connectivity index (χ2v) is 5.44. The van der Waals surface area contributed by atoms with E-state index in [1.54, 1.807) is 7.11 Å². The third-order valence-electron chi connectivity index (χ3n) is 2.81. The van der Waals surface area contributed by atoms with Crippen LogP contribution in [0.5, 0.6) is 5.75 Å². The molecule has 1 fully saturated rings. The Kier molecular flexibility index (Phi) is 4.71. The number of thioether (sulfide) groups is 1. The van der Waals surface area contributed by atoms with Crippen molar-refractivity contribution in [3.63, 3.8) is 0 Å². The van der Waals surface area contributed by atoms with Crippen molar-refractivity contribution < 1.29 is 9.47 Å². The van der Waals surface area contributed by atoms with Crippen LogP contribution in [0.3, 0.4) is 0 Å². The highest BCUT2D eigenvalue weighted by Crippen LogP contribution is 2.29. The number of benzene rings is 1. The normalized spacial score (nSPS) is 15.6. The summed E-state index contributed by atoms with van der Waals surface area (Å²) >= 11 is 1.95. The lowest BCUT2D eigenvalue weighted by Crippen LogP contribution is -2.30. The summed E-state index contributed by atoms with van der Waals surface area (Å²) in [7, 11) is 3.69. The van der Waals surface area contributed by atoms with E-state index in [-0.39, 0.29) is 0 Å². The summed E-state index contributed by atoms with van der Waals surface area (Å²) in [5, 5.41) is 3.83. The van der Waals surface area contributed by atoms with Crippen molar-refractivity contribution in [1.29, 1.82) is 0 Å². The second kappa shape index (κ2) is 6.28. The van der Waals surface area contributed by atoms with Crippen LogP contribution in [0.15, 0.2) is 18.2 Å². The van der Waals surface area contributed by atoms with E-state index >= 15 is 0 Å². The summed E-state index contributed by atoms with van der Waals surface area (Å²) in [6.45, 7) is 2.68. The fourth-order valence-electron chi connectivity index (χ4n) is 1.78. The van der Waals surface area contributed by atoms with Gasteiger partial charge >= 0.3 is 0 Å². The molecule has 1 aliphatic heterocycles. The molecule has 0 aromatic heterocycles. The maximum absolute atomic E-state index is 5.40. The van der Waals surface area contributed by atoms with Crippen LogP contribution in [0, 0.1) is 0 Å². The summed E-state index contributed by atoms with van der Waals surface area (Å²) in [6, 6.07) is 6.39. The fraction of sp³-hybridized carbons (Fsp3) is 0.538. The van der Waals surface area contributed by atoms with Crippen molar-refractivity contribution in [2.45, 2.75) is 17.5 Å². The first-order valence-corrected chi connectivity index (χ1v) is 6.88. The summed E-state index contributed by atoms with van der Waals surface area (Å²) in [5.74, 6) is 1.98. The van der Waals surface area contributed by atoms with Crippen LogP contribution >= 0.6 is 11.8 Å². The predicted molar refractivity (Wildman–Crippen MR) is 71.7 cm³/mol. The molecule has 1 N–H and O–H groups in total. The zero-order valence-corrected chi connectivity index (χ0v) is 11.2. The van der Waals surface area contributed by atoms with Crippen molar-refractivity contribution in [3.05, 3.63) is 29.3 Å². The topological polar surface area (TPSA) is 30.5 Å². The minimum absolute atomic E-state index is 0.660. The third kappa shape index (κ3) is 3.37. The summed E-state index contributed by atoms with van der Waals surface area (Å²) in [6.07, 6.45) is 0. The summed E-state index contributed by atoms with van der Waals surface area (Å²) in [5.41, 5.74) is 2.57. The van der Waals surface area contributed by atoms with Crippen LogP contribution in [-0.4, -0.2) is 32.6 Å². The average molecular weight is 253 g/mol. The van der Waals surface area contributed by atoms with E-state index in [0.717, 1.165) is 31.3 Å². The first-order chi connectivity index (χ1) is 8.33. The summed E-state index contributed by atoms with van der Waals surface area (Å²) in [4.78, 5) is 0. The Morgan fingerprint density at radius 3 is 2.88 bits per heavy atom. The van der Waals surface area contributed by atoms with Crippen LogP contribution in [0.4, 0.5) is 0 Å². The molecule has 94 valence electrons. The van der Waals surface area contributed by atoms with Crippen LogP contribution in [0.2, 0.25) is 0 Å². The quantitative estimate of drug-likeness (QED) is 0.840. The van der Waals surface area contributed by atoms with Gasteiger partial charge in [-0.3, -0.25) is 0 Å². The predicted octanol–water partition coefficient (Wildman–Crippen LogP) is 2.05. The lowest BCUT2D eigenvalue weighted by Gasteiger charge is -2.25. The van der Waals surface area contributed by atoms with E-state index in [0.29, 0.717) is 5.25 Å². The molecule has 1 heterocycles. The molecular formula is C13H19NO2S. The Bertz CT molecular complexity index is 366. The highest BCUT2D eigenvalue weighted by Gasteiger charge is 2.19. The largest absolute Gasteiger partial charge is 0.496 e. The smallest absolute Gasteiger partial charge is 0.122 e. The molecule has 1 saturated heterocycles. The Hall–Kier alpha value is -0.710. The van der Waals surface area contributed by atoms with E-state index in [9.17, 15) is 0 Å². The van der Waals surface area contributed by atoms with Gasteiger partial charge in [0, 0.05) is 17.9 Å². The molecule has 0 unspecified atom stereocenters. The molecule has 0 spiro atoms. The SMILES string of the molecule is CNCc1ccc(OC)c(CSC2COC2)c1. The first kappa shape index (κ1) is 12.7. The molecule has 1 aromatic rings. The van der Waals surface area contributed by atoms with E-state index < -0.39 is 0 Å². The average Bonchev–Trinajstić information content (AvgIpc) is 2.28. The van der Waals surface area contributed by atoms with Gasteiger partial charge in [-0.25, -0.2) is 0 Å². The van der Waals surface area contributed by atoms with Gasteiger partial charge in [0.25, 0.3) is 0 Å². The van der Waals surface area contributed by atoms with Crippen molar-refractivity contribution >= 4 is 11.8 Å². The Labute approximate surface area is 107 Å². The van der Waals surface area contributed by atoms with Crippen molar-refractivity contribution in [3.8, 4) is 5.75 Å². The van der Waals surface area contributed by atoms with Gasteiger partial charge in [0.1, 0.15) is 5.75 Å². The highest BCUT2D eigenvalue weighted by atomic mass is 32.2. The van der Waals surface area contributed by atoms with Gasteiger partial charge in [0.2, 0.25) is 0 Å². The number of hydrogen-bond donors (Lipinski definition) is 1. The van der Waals surface area contributed by atoms with Crippen LogP contribution < -0.4 is 10.1 Å². The Morgan fingerprint density at radius 1 is 1.47 bits per heavy atom. The maximum Gasteiger partial charge on any atom is 0.122 e. The zero-order chi connectivity index (χ0) is 12.1. The minimum atomic E-state index is 0.660. The molecule has 1 aliphatic rings. The lowest BCUT2D eigenvalue weighted by atomic mass is 10.1. The zero-order valence-electron chi connectivity index (χ0n) is 10.4. The summed E-state index contributed by atoms with van der Waals surface area (Å²) < 4.78 is 10.6. The van der Waals surface area contributed by atoms with Crippen molar-refractivity contribution in [2.75, 3.05) is 27.4 Å². The number of rotatable bonds is 6. The molecule has 0 atom stereocenters. The molecule has 3 nitrogen and oxygen atoms in total. The van der Waals surface area contributed by atoms with Crippen LogP contribution in [0.1, 0.15) is 11.1 Å². The minimum Gasteiger partial charge on any atom is -0.496 e. The van der Waals surface area contributed by atoms with Gasteiger partial charge < -0.3 is 14.8 Å². The fourth-order valence-corrected chi connectivity index (χ4v) is 2.80. The molecule has 0 amide bonds. The molecule has 0 bridgehead atoms. The monoisotopic (exact) mass is 253 g/mol. The molecule has 0 saturated carbocycles. The molecule has 4 heteroatoms. The first-order valence-electron chi connectivity index (χ1n) is 5.83. The second-order valence-electron chi connectivity index (χ2n) is 4.15. The number of methoxy groups -OCH3 is 1. The number of nitrogens with one attached hydrogen (secondary N) is 1. The van der Waals surface area contributed by atoms with Crippen LogP contribution in [-0.2, 0) is 17.0 Å². The van der Waals surface area contributed by atoms with Gasteiger partial charge in [-0.15, -0.1) is 11.8 Å². The molecular weight excluding hydrogens is 234 g/mol. The molecule has 17 heavy (non-hydrogen) atoms. The van der Waals surface area contributed by atoms with Gasteiger partial charge in [-0.1, -0.05) is 6.07 Å². The Balaban J connectivity index is 2.02.